The minimum absolute atomic E-state index is 1.02. The van der Waals surface area contributed by atoms with Crippen molar-refractivity contribution in [3.63, 3.8) is 0 Å². The van der Waals surface area contributed by atoms with Gasteiger partial charge in [-0.15, -0.1) is 11.3 Å². The fourth-order valence-electron chi connectivity index (χ4n) is 1.09. The third-order valence-electron chi connectivity index (χ3n) is 1.58. The lowest BCUT2D eigenvalue weighted by Crippen LogP contribution is -1.76. The molecular formula is C10H14N2S. The van der Waals surface area contributed by atoms with Crippen LogP contribution in [0.1, 0.15) is 24.4 Å². The molecule has 2 aromatic heterocycles. The molecule has 2 rings (SSSR count). The van der Waals surface area contributed by atoms with Crippen molar-refractivity contribution in [1.29, 1.82) is 0 Å². The van der Waals surface area contributed by atoms with Gasteiger partial charge in [0.25, 0.3) is 0 Å². The molecule has 2 aromatic rings. The number of thiazole rings is 1. The number of aromatic nitrogens is 2. The van der Waals surface area contributed by atoms with E-state index in [0.29, 0.717) is 0 Å². The van der Waals surface area contributed by atoms with Crippen LogP contribution in [0, 0.1) is 13.8 Å². The van der Waals surface area contributed by atoms with Crippen LogP contribution in [0.3, 0.4) is 0 Å². The largest absolute Gasteiger partial charge is 0.262 e. The highest BCUT2D eigenvalue weighted by atomic mass is 32.1. The Morgan fingerprint density at radius 1 is 1.15 bits per heavy atom. The first-order valence-corrected chi connectivity index (χ1v) is 5.27. The van der Waals surface area contributed by atoms with E-state index in [1.165, 1.54) is 10.3 Å². The molecule has 0 aliphatic heterocycles. The molecule has 13 heavy (non-hydrogen) atoms. The van der Waals surface area contributed by atoms with E-state index in [1.807, 2.05) is 33.2 Å². The van der Waals surface area contributed by atoms with E-state index in [-0.39, 0.29) is 0 Å². The summed E-state index contributed by atoms with van der Waals surface area (Å²) in [6, 6.07) is 0. The Morgan fingerprint density at radius 2 is 1.85 bits per heavy atom. The first-order valence-electron chi connectivity index (χ1n) is 4.45. The van der Waals surface area contributed by atoms with Crippen LogP contribution >= 0.6 is 11.3 Å². The molecular weight excluding hydrogens is 180 g/mol. The molecule has 0 atom stereocenters. The number of rotatable bonds is 0. The zero-order chi connectivity index (χ0) is 9.84. The topological polar surface area (TPSA) is 25.8 Å². The summed E-state index contributed by atoms with van der Waals surface area (Å²) in [6.07, 6.45) is 3.69. The Morgan fingerprint density at radius 3 is 2.46 bits per heavy atom. The Kier molecular flexibility index (Phi) is 3.37. The summed E-state index contributed by atoms with van der Waals surface area (Å²) < 4.78 is 1.26. The van der Waals surface area contributed by atoms with Gasteiger partial charge in [-0.1, -0.05) is 13.8 Å². The van der Waals surface area contributed by atoms with Gasteiger partial charge in [0.2, 0.25) is 0 Å². The fourth-order valence-corrected chi connectivity index (χ4v) is 1.95. The molecule has 0 aliphatic rings. The Labute approximate surface area is 82.7 Å². The Bertz CT molecular complexity index is 393. The highest BCUT2D eigenvalue weighted by molar-refractivity contribution is 7.18. The molecule has 0 saturated heterocycles. The molecule has 0 N–H and O–H groups in total. The monoisotopic (exact) mass is 194 g/mol. The Balaban J connectivity index is 0.000000396. The van der Waals surface area contributed by atoms with E-state index in [4.69, 9.17) is 0 Å². The average molecular weight is 194 g/mol. The maximum atomic E-state index is 4.33. The zero-order valence-electron chi connectivity index (χ0n) is 8.46. The smallest absolute Gasteiger partial charge is 0.100 e. The maximum absolute atomic E-state index is 4.33. The SMILES string of the molecule is CC.Cc1nc2cncc(C)c2s1. The standard InChI is InChI=1S/C8H8N2S.C2H6/c1-5-3-9-4-7-8(5)11-6(2)10-7;1-2/h3-4H,1-2H3;1-2H3. The zero-order valence-corrected chi connectivity index (χ0v) is 9.27. The molecule has 0 saturated carbocycles. The normalized spacial score (nSPS) is 9.54. The fraction of sp³-hybridized carbons (Fsp3) is 0.400. The van der Waals surface area contributed by atoms with Gasteiger partial charge in [-0.2, -0.15) is 0 Å². The van der Waals surface area contributed by atoms with Gasteiger partial charge in [0, 0.05) is 6.20 Å². The second-order valence-corrected chi connectivity index (χ2v) is 3.74. The molecule has 0 aliphatic carbocycles. The van der Waals surface area contributed by atoms with E-state index >= 15 is 0 Å². The third kappa shape index (κ3) is 2.04. The number of nitrogens with zero attached hydrogens (tertiary/aromatic N) is 2. The summed E-state index contributed by atoms with van der Waals surface area (Å²) in [7, 11) is 0. The molecule has 0 fully saturated rings. The van der Waals surface area contributed by atoms with Gasteiger partial charge in [-0.3, -0.25) is 4.98 Å². The maximum Gasteiger partial charge on any atom is 0.100 e. The molecule has 0 aromatic carbocycles. The van der Waals surface area contributed by atoms with Gasteiger partial charge < -0.3 is 0 Å². The van der Waals surface area contributed by atoms with Crippen LogP contribution in [0.25, 0.3) is 10.2 Å². The number of hydrogen-bond donors (Lipinski definition) is 0. The predicted molar refractivity (Wildman–Crippen MR) is 58.2 cm³/mol. The first kappa shape index (κ1) is 10.1. The van der Waals surface area contributed by atoms with Crippen LogP contribution in [-0.4, -0.2) is 9.97 Å². The van der Waals surface area contributed by atoms with E-state index in [2.05, 4.69) is 16.9 Å². The van der Waals surface area contributed by atoms with E-state index < -0.39 is 0 Å². The van der Waals surface area contributed by atoms with Crippen molar-refractivity contribution in [2.75, 3.05) is 0 Å². The minimum Gasteiger partial charge on any atom is -0.262 e. The van der Waals surface area contributed by atoms with Crippen molar-refractivity contribution in [3.05, 3.63) is 23.0 Å². The van der Waals surface area contributed by atoms with Crippen molar-refractivity contribution in [2.45, 2.75) is 27.7 Å². The molecule has 0 radical (unpaired) electrons. The predicted octanol–water partition coefficient (Wildman–Crippen LogP) is 3.33. The van der Waals surface area contributed by atoms with E-state index in [0.717, 1.165) is 10.5 Å². The summed E-state index contributed by atoms with van der Waals surface area (Å²) in [5.74, 6) is 0. The van der Waals surface area contributed by atoms with Crippen molar-refractivity contribution in [1.82, 2.24) is 9.97 Å². The lowest BCUT2D eigenvalue weighted by Gasteiger charge is -1.89. The third-order valence-corrected chi connectivity index (χ3v) is 2.71. The number of aryl methyl sites for hydroxylation is 2. The van der Waals surface area contributed by atoms with Crippen molar-refractivity contribution in [3.8, 4) is 0 Å². The Hall–Kier alpha value is -0.960. The molecule has 0 amide bonds. The number of hydrogen-bond acceptors (Lipinski definition) is 3. The summed E-state index contributed by atoms with van der Waals surface area (Å²) in [5, 5.41) is 1.11. The van der Waals surface area contributed by atoms with Crippen LogP contribution in [-0.2, 0) is 0 Å². The average Bonchev–Trinajstić information content (AvgIpc) is 2.51. The summed E-state index contributed by atoms with van der Waals surface area (Å²) in [6.45, 7) is 8.08. The van der Waals surface area contributed by atoms with Crippen LogP contribution in [0.2, 0.25) is 0 Å². The van der Waals surface area contributed by atoms with Crippen molar-refractivity contribution in [2.24, 2.45) is 0 Å². The van der Waals surface area contributed by atoms with Gasteiger partial charge in [-0.25, -0.2) is 4.98 Å². The van der Waals surface area contributed by atoms with Crippen molar-refractivity contribution < 1.29 is 0 Å². The second kappa shape index (κ2) is 4.33. The van der Waals surface area contributed by atoms with Gasteiger partial charge in [0.05, 0.1) is 15.9 Å². The van der Waals surface area contributed by atoms with Crippen molar-refractivity contribution >= 4 is 21.6 Å². The number of pyridine rings is 1. The van der Waals surface area contributed by atoms with Gasteiger partial charge in [-0.05, 0) is 19.4 Å². The van der Waals surface area contributed by atoms with E-state index in [1.54, 1.807) is 11.3 Å². The van der Waals surface area contributed by atoms with E-state index in [9.17, 15) is 0 Å². The van der Waals surface area contributed by atoms with Crippen LogP contribution in [0.15, 0.2) is 12.4 Å². The molecule has 0 bridgehead atoms. The highest BCUT2D eigenvalue weighted by Crippen LogP contribution is 2.23. The molecule has 3 heteroatoms. The van der Waals surface area contributed by atoms with Gasteiger partial charge >= 0.3 is 0 Å². The van der Waals surface area contributed by atoms with Gasteiger partial charge in [0.1, 0.15) is 5.52 Å². The number of fused-ring (bicyclic) bond motifs is 1. The molecule has 2 heterocycles. The molecule has 2 nitrogen and oxygen atoms in total. The summed E-state index contributed by atoms with van der Waals surface area (Å²) in [5.41, 5.74) is 2.24. The summed E-state index contributed by atoms with van der Waals surface area (Å²) in [4.78, 5) is 8.40. The highest BCUT2D eigenvalue weighted by Gasteiger charge is 2.01. The second-order valence-electron chi connectivity index (χ2n) is 2.54. The van der Waals surface area contributed by atoms with Crippen LogP contribution in [0.5, 0.6) is 0 Å². The molecule has 70 valence electrons. The minimum atomic E-state index is 1.02. The van der Waals surface area contributed by atoms with Crippen LogP contribution in [0.4, 0.5) is 0 Å². The molecule has 0 spiro atoms. The molecule has 0 unspecified atom stereocenters. The lowest BCUT2D eigenvalue weighted by atomic mass is 10.3. The summed E-state index contributed by atoms with van der Waals surface area (Å²) >= 11 is 1.73. The lowest BCUT2D eigenvalue weighted by molar-refractivity contribution is 1.27. The quantitative estimate of drug-likeness (QED) is 0.643. The van der Waals surface area contributed by atoms with Gasteiger partial charge in [0.15, 0.2) is 0 Å². The van der Waals surface area contributed by atoms with Crippen LogP contribution < -0.4 is 0 Å². The first-order chi connectivity index (χ1) is 6.27.